The molecule has 1 N–H and O–H groups in total. The van der Waals surface area contributed by atoms with E-state index in [0.717, 1.165) is 10.8 Å². The van der Waals surface area contributed by atoms with Crippen LogP contribution in [0.3, 0.4) is 0 Å². The van der Waals surface area contributed by atoms with Crippen molar-refractivity contribution < 1.29 is 23.1 Å². The van der Waals surface area contributed by atoms with Gasteiger partial charge in [-0.05, 0) is 59.4 Å². The number of hydrogen-bond donors (Lipinski definition) is 1. The number of carbonyl (C=O) groups is 1. The molecule has 4 rings (SSSR count). The van der Waals surface area contributed by atoms with E-state index in [9.17, 15) is 23.1 Å². The van der Waals surface area contributed by atoms with Crippen molar-refractivity contribution in [2.24, 2.45) is 0 Å². The van der Waals surface area contributed by atoms with Crippen LogP contribution in [-0.4, -0.2) is 22.3 Å². The molecule has 3 aromatic rings. The zero-order valence-electron chi connectivity index (χ0n) is 16.1. The second kappa shape index (κ2) is 7.30. The summed E-state index contributed by atoms with van der Waals surface area (Å²) in [4.78, 5) is 13.0. The minimum atomic E-state index is -4.77. The third-order valence-corrected chi connectivity index (χ3v) is 6.51. The Kier molecular flexibility index (Phi) is 5.04. The molecule has 0 aliphatic heterocycles. The van der Waals surface area contributed by atoms with E-state index in [1.54, 1.807) is 30.3 Å². The van der Waals surface area contributed by atoms with Crippen LogP contribution in [0, 0.1) is 0 Å². The van der Waals surface area contributed by atoms with E-state index in [1.807, 2.05) is 18.2 Å². The summed E-state index contributed by atoms with van der Waals surface area (Å²) in [6, 6.07) is 16.2. The highest BCUT2D eigenvalue weighted by atomic mass is 79.9. The molecule has 0 saturated heterocycles. The van der Waals surface area contributed by atoms with Crippen molar-refractivity contribution in [2.45, 2.75) is 37.5 Å². The van der Waals surface area contributed by atoms with E-state index in [4.69, 9.17) is 0 Å². The summed E-state index contributed by atoms with van der Waals surface area (Å²) in [6.45, 7) is 1.53. The summed E-state index contributed by atoms with van der Waals surface area (Å²) in [6.07, 6.45) is -6.56. The number of carboxylic acid groups (broad SMARTS) is 1. The first-order valence-corrected chi connectivity index (χ1v) is 10.3. The van der Waals surface area contributed by atoms with Crippen molar-refractivity contribution in [1.82, 2.24) is 4.90 Å². The van der Waals surface area contributed by atoms with Gasteiger partial charge in [-0.2, -0.15) is 13.2 Å². The van der Waals surface area contributed by atoms with Crippen molar-refractivity contribution in [1.29, 1.82) is 0 Å². The predicted molar refractivity (Wildman–Crippen MR) is 112 cm³/mol. The Hall–Kier alpha value is -2.54. The van der Waals surface area contributed by atoms with Crippen LogP contribution in [0.4, 0.5) is 18.0 Å². The number of fused-ring (bicyclic) bond motifs is 2. The van der Waals surface area contributed by atoms with Crippen LogP contribution in [0.5, 0.6) is 0 Å². The van der Waals surface area contributed by atoms with E-state index in [2.05, 4.69) is 15.9 Å². The molecular formula is C23H19BrF3NO2. The van der Waals surface area contributed by atoms with Gasteiger partial charge in [0.15, 0.2) is 5.54 Å². The molecule has 0 bridgehead atoms. The minimum absolute atomic E-state index is 0.00712. The smallest absolute Gasteiger partial charge is 0.416 e. The Morgan fingerprint density at radius 3 is 2.53 bits per heavy atom. The van der Waals surface area contributed by atoms with Gasteiger partial charge in [0.2, 0.25) is 0 Å². The number of aryl methyl sites for hydroxylation is 1. The van der Waals surface area contributed by atoms with Gasteiger partial charge in [0, 0.05) is 4.47 Å². The fourth-order valence-electron chi connectivity index (χ4n) is 4.72. The molecule has 0 spiro atoms. The normalized spacial score (nSPS) is 19.5. The maximum absolute atomic E-state index is 14.7. The number of alkyl halides is 3. The molecule has 1 amide bonds. The summed E-state index contributed by atoms with van der Waals surface area (Å²) in [5.41, 5.74) is -1.54. The maximum Gasteiger partial charge on any atom is 0.416 e. The Morgan fingerprint density at radius 1 is 1.13 bits per heavy atom. The van der Waals surface area contributed by atoms with E-state index in [0.29, 0.717) is 20.5 Å². The van der Waals surface area contributed by atoms with Gasteiger partial charge < -0.3 is 5.11 Å². The molecule has 1 unspecified atom stereocenters. The lowest BCUT2D eigenvalue weighted by Gasteiger charge is -2.45. The lowest BCUT2D eigenvalue weighted by atomic mass is 9.86. The molecule has 2 atom stereocenters. The standard InChI is InChI=1S/C23H19BrF3NO2/c1-14(18-8-4-6-15-5-2-3-7-19(15)18)28(21(29)30)22(23(25,26)27)12-11-16-13-17(24)9-10-20(16)22/h2-10,13-14H,11-12H2,1H3,(H,29,30)/t14?,22-/m0/s1. The van der Waals surface area contributed by atoms with Crippen molar-refractivity contribution >= 4 is 32.8 Å². The first-order chi connectivity index (χ1) is 14.2. The summed E-state index contributed by atoms with van der Waals surface area (Å²) in [5, 5.41) is 11.7. The van der Waals surface area contributed by atoms with Crippen molar-refractivity contribution in [3.63, 3.8) is 0 Å². The number of amides is 1. The largest absolute Gasteiger partial charge is 0.465 e. The highest BCUT2D eigenvalue weighted by Gasteiger charge is 2.64. The van der Waals surface area contributed by atoms with Crippen LogP contribution < -0.4 is 0 Å². The van der Waals surface area contributed by atoms with Crippen LogP contribution in [0.1, 0.15) is 36.1 Å². The van der Waals surface area contributed by atoms with Gasteiger partial charge in [-0.3, -0.25) is 4.90 Å². The van der Waals surface area contributed by atoms with Gasteiger partial charge in [0.1, 0.15) is 0 Å². The Balaban J connectivity index is 1.94. The maximum atomic E-state index is 14.7. The predicted octanol–water partition coefficient (Wildman–Crippen LogP) is 7.05. The lowest BCUT2D eigenvalue weighted by Crippen LogP contribution is -2.57. The van der Waals surface area contributed by atoms with Gasteiger partial charge in [-0.1, -0.05) is 64.5 Å². The topological polar surface area (TPSA) is 40.5 Å². The summed E-state index contributed by atoms with van der Waals surface area (Å²) in [5.74, 6) is 0. The first kappa shape index (κ1) is 20.7. The average molecular weight is 478 g/mol. The molecule has 30 heavy (non-hydrogen) atoms. The third kappa shape index (κ3) is 3.07. The number of nitrogens with zero attached hydrogens (tertiary/aromatic N) is 1. The van der Waals surface area contributed by atoms with Crippen molar-refractivity contribution in [3.8, 4) is 0 Å². The molecule has 3 nitrogen and oxygen atoms in total. The molecule has 1 aliphatic rings. The molecular weight excluding hydrogens is 459 g/mol. The number of hydrogen-bond acceptors (Lipinski definition) is 1. The van der Waals surface area contributed by atoms with Crippen LogP contribution in [0.2, 0.25) is 0 Å². The fraction of sp³-hybridized carbons (Fsp3) is 0.261. The SMILES string of the molecule is CC(c1cccc2ccccc12)N(C(=O)O)[C@@]1(C(F)(F)F)CCc2cc(Br)ccc21. The molecule has 7 heteroatoms. The highest BCUT2D eigenvalue weighted by molar-refractivity contribution is 9.10. The molecule has 0 saturated carbocycles. The molecule has 3 aromatic carbocycles. The van der Waals surface area contributed by atoms with Crippen molar-refractivity contribution in [3.05, 3.63) is 81.8 Å². The van der Waals surface area contributed by atoms with E-state index in [1.165, 1.54) is 19.1 Å². The van der Waals surface area contributed by atoms with E-state index >= 15 is 0 Å². The lowest BCUT2D eigenvalue weighted by molar-refractivity contribution is -0.236. The van der Waals surface area contributed by atoms with Gasteiger partial charge in [0.25, 0.3) is 0 Å². The van der Waals surface area contributed by atoms with Crippen molar-refractivity contribution in [2.75, 3.05) is 0 Å². The van der Waals surface area contributed by atoms with Gasteiger partial charge in [-0.15, -0.1) is 0 Å². The number of rotatable bonds is 3. The Morgan fingerprint density at radius 2 is 1.83 bits per heavy atom. The van der Waals surface area contributed by atoms with Crippen LogP contribution in [-0.2, 0) is 12.0 Å². The summed E-state index contributed by atoms with van der Waals surface area (Å²) >= 11 is 3.30. The van der Waals surface area contributed by atoms with Gasteiger partial charge in [-0.25, -0.2) is 4.79 Å². The number of halogens is 4. The molecule has 156 valence electrons. The quantitative estimate of drug-likeness (QED) is 0.439. The summed E-state index contributed by atoms with van der Waals surface area (Å²) < 4.78 is 44.7. The molecule has 0 heterocycles. The second-order valence-electron chi connectivity index (χ2n) is 7.56. The van der Waals surface area contributed by atoms with Crippen LogP contribution in [0.15, 0.2) is 65.1 Å². The number of benzene rings is 3. The zero-order chi connectivity index (χ0) is 21.7. The van der Waals surface area contributed by atoms with Gasteiger partial charge >= 0.3 is 12.3 Å². The van der Waals surface area contributed by atoms with E-state index in [-0.39, 0.29) is 18.4 Å². The average Bonchev–Trinajstić information content (AvgIpc) is 3.06. The molecule has 1 aliphatic carbocycles. The fourth-order valence-corrected chi connectivity index (χ4v) is 5.13. The second-order valence-corrected chi connectivity index (χ2v) is 8.47. The van der Waals surface area contributed by atoms with Gasteiger partial charge in [0.05, 0.1) is 6.04 Å². The Bertz CT molecular complexity index is 1130. The monoisotopic (exact) mass is 477 g/mol. The van der Waals surface area contributed by atoms with E-state index < -0.39 is 23.9 Å². The summed E-state index contributed by atoms with van der Waals surface area (Å²) in [7, 11) is 0. The molecule has 0 radical (unpaired) electrons. The highest BCUT2D eigenvalue weighted by Crippen LogP contribution is 2.55. The van der Waals surface area contributed by atoms with Crippen LogP contribution in [0.25, 0.3) is 10.8 Å². The minimum Gasteiger partial charge on any atom is -0.465 e. The molecule has 0 fully saturated rings. The van der Waals surface area contributed by atoms with Crippen LogP contribution >= 0.6 is 15.9 Å². The first-order valence-electron chi connectivity index (χ1n) is 9.52. The third-order valence-electron chi connectivity index (χ3n) is 6.02. The Labute approximate surface area is 180 Å². The molecule has 0 aromatic heterocycles. The zero-order valence-corrected chi connectivity index (χ0v) is 17.7.